The highest BCUT2D eigenvalue weighted by Gasteiger charge is 2.26. The van der Waals surface area contributed by atoms with Gasteiger partial charge in [0.25, 0.3) is 0 Å². The van der Waals surface area contributed by atoms with Gasteiger partial charge in [0.05, 0.1) is 5.52 Å². The molecule has 0 aliphatic heterocycles. The number of rotatable bonds is 8. The summed E-state index contributed by atoms with van der Waals surface area (Å²) in [6, 6.07) is 14.4. The number of hydrogen-bond acceptors (Lipinski definition) is 3. The standard InChI is InChI=1S/C25H28ClNO2/c1-3-4-13-29-24(28)15-21-16(2)14-23-20(11-12-22(27-23)17-5-6-17)25(21)18-7-9-19(26)10-8-18/h7-12,14,17,24,28H,3-6,13,15H2,1-2H3. The highest BCUT2D eigenvalue weighted by Crippen LogP contribution is 2.41. The molecule has 1 saturated carbocycles. The lowest BCUT2D eigenvalue weighted by molar-refractivity contribution is -0.0980. The van der Waals surface area contributed by atoms with E-state index < -0.39 is 6.29 Å². The summed E-state index contributed by atoms with van der Waals surface area (Å²) in [5.74, 6) is 0.618. The van der Waals surface area contributed by atoms with Gasteiger partial charge in [-0.15, -0.1) is 0 Å². The fourth-order valence-corrected chi connectivity index (χ4v) is 4.00. The van der Waals surface area contributed by atoms with E-state index in [2.05, 4.69) is 32.0 Å². The Balaban J connectivity index is 1.79. The van der Waals surface area contributed by atoms with Gasteiger partial charge >= 0.3 is 0 Å². The maximum atomic E-state index is 10.5. The van der Waals surface area contributed by atoms with Gasteiger partial charge in [-0.3, -0.25) is 4.98 Å². The zero-order chi connectivity index (χ0) is 20.4. The number of aliphatic hydroxyl groups excluding tert-OH is 1. The number of ether oxygens (including phenoxy) is 1. The first-order chi connectivity index (χ1) is 14.1. The van der Waals surface area contributed by atoms with Crippen molar-refractivity contribution in [2.75, 3.05) is 6.61 Å². The molecule has 0 bridgehead atoms. The molecule has 152 valence electrons. The molecule has 1 atom stereocenters. The number of aliphatic hydroxyl groups is 1. The predicted molar refractivity (Wildman–Crippen MR) is 119 cm³/mol. The Bertz CT molecular complexity index is 996. The number of fused-ring (bicyclic) bond motifs is 1. The molecule has 4 heteroatoms. The lowest BCUT2D eigenvalue weighted by Crippen LogP contribution is -2.17. The third-order valence-corrected chi connectivity index (χ3v) is 5.91. The maximum absolute atomic E-state index is 10.5. The smallest absolute Gasteiger partial charge is 0.158 e. The van der Waals surface area contributed by atoms with Crippen LogP contribution in [0, 0.1) is 6.92 Å². The summed E-state index contributed by atoms with van der Waals surface area (Å²) in [5, 5.41) is 12.3. The first-order valence-electron chi connectivity index (χ1n) is 10.6. The number of nitrogens with zero attached hydrogens (tertiary/aromatic N) is 1. The molecule has 4 rings (SSSR count). The molecule has 1 heterocycles. The summed E-state index contributed by atoms with van der Waals surface area (Å²) in [5.41, 5.74) is 6.63. The highest BCUT2D eigenvalue weighted by atomic mass is 35.5. The Morgan fingerprint density at radius 1 is 1.17 bits per heavy atom. The van der Waals surface area contributed by atoms with Crippen LogP contribution in [0.15, 0.2) is 42.5 Å². The van der Waals surface area contributed by atoms with Gasteiger partial charge in [0.15, 0.2) is 6.29 Å². The monoisotopic (exact) mass is 409 g/mol. The van der Waals surface area contributed by atoms with Crippen molar-refractivity contribution in [1.29, 1.82) is 0 Å². The molecule has 3 nitrogen and oxygen atoms in total. The Morgan fingerprint density at radius 3 is 2.62 bits per heavy atom. The molecule has 1 unspecified atom stereocenters. The molecule has 2 aromatic carbocycles. The average molecular weight is 410 g/mol. The van der Waals surface area contributed by atoms with Crippen LogP contribution in [-0.4, -0.2) is 23.0 Å². The van der Waals surface area contributed by atoms with E-state index in [0.29, 0.717) is 24.0 Å². The van der Waals surface area contributed by atoms with E-state index in [-0.39, 0.29) is 0 Å². The largest absolute Gasteiger partial charge is 0.368 e. The minimum atomic E-state index is -0.817. The van der Waals surface area contributed by atoms with Crippen LogP contribution in [-0.2, 0) is 11.2 Å². The van der Waals surface area contributed by atoms with Crippen LogP contribution in [0.4, 0.5) is 0 Å². The summed E-state index contributed by atoms with van der Waals surface area (Å²) >= 11 is 6.13. The molecule has 1 fully saturated rings. The molecule has 0 amide bonds. The SMILES string of the molecule is CCCCOC(O)Cc1c(C)cc2nc(C3CC3)ccc2c1-c1ccc(Cl)cc1. The van der Waals surface area contributed by atoms with E-state index in [9.17, 15) is 5.11 Å². The molecular formula is C25H28ClNO2. The molecule has 29 heavy (non-hydrogen) atoms. The number of hydrogen-bond donors (Lipinski definition) is 1. The molecule has 1 aliphatic rings. The van der Waals surface area contributed by atoms with Crippen molar-refractivity contribution in [2.24, 2.45) is 0 Å². The predicted octanol–water partition coefficient (Wildman–Crippen LogP) is 6.42. The number of halogens is 1. The van der Waals surface area contributed by atoms with E-state index in [1.54, 1.807) is 0 Å². The van der Waals surface area contributed by atoms with Gasteiger partial charge in [-0.05, 0) is 72.7 Å². The fourth-order valence-electron chi connectivity index (χ4n) is 3.88. The van der Waals surface area contributed by atoms with Gasteiger partial charge in [-0.2, -0.15) is 0 Å². The Labute approximate surface area is 177 Å². The Hall–Kier alpha value is -1.94. The van der Waals surface area contributed by atoms with Gasteiger partial charge in [-0.25, -0.2) is 0 Å². The summed E-state index contributed by atoms with van der Waals surface area (Å²) < 4.78 is 5.64. The van der Waals surface area contributed by atoms with E-state index in [1.807, 2.05) is 24.3 Å². The third-order valence-electron chi connectivity index (χ3n) is 5.66. The van der Waals surface area contributed by atoms with Crippen molar-refractivity contribution < 1.29 is 9.84 Å². The second kappa shape index (κ2) is 8.83. The summed E-state index contributed by atoms with van der Waals surface area (Å²) in [6.07, 6.45) is 4.11. The van der Waals surface area contributed by atoms with Crippen LogP contribution < -0.4 is 0 Å². The average Bonchev–Trinajstić information content (AvgIpc) is 3.55. The van der Waals surface area contributed by atoms with Crippen molar-refractivity contribution in [2.45, 2.75) is 58.2 Å². The second-order valence-corrected chi connectivity index (χ2v) is 8.45. The van der Waals surface area contributed by atoms with Gasteiger partial charge in [0, 0.05) is 35.0 Å². The van der Waals surface area contributed by atoms with Crippen molar-refractivity contribution in [1.82, 2.24) is 4.98 Å². The van der Waals surface area contributed by atoms with E-state index in [1.165, 1.54) is 18.5 Å². The normalized spacial score (nSPS) is 15.0. The summed E-state index contributed by atoms with van der Waals surface area (Å²) in [4.78, 5) is 4.96. The minimum absolute atomic E-state index is 0.452. The zero-order valence-corrected chi connectivity index (χ0v) is 17.9. The molecule has 0 saturated heterocycles. The van der Waals surface area contributed by atoms with Crippen LogP contribution in [0.5, 0.6) is 0 Å². The molecular weight excluding hydrogens is 382 g/mol. The number of pyridine rings is 1. The number of aryl methyl sites for hydroxylation is 1. The first-order valence-corrected chi connectivity index (χ1v) is 10.9. The van der Waals surface area contributed by atoms with Crippen LogP contribution in [0.25, 0.3) is 22.0 Å². The van der Waals surface area contributed by atoms with Crippen molar-refractivity contribution in [3.05, 3.63) is 64.3 Å². The molecule has 0 radical (unpaired) electrons. The number of unbranched alkanes of at least 4 members (excludes halogenated alkanes) is 1. The number of aromatic nitrogens is 1. The zero-order valence-electron chi connectivity index (χ0n) is 17.1. The van der Waals surface area contributed by atoms with E-state index >= 15 is 0 Å². The van der Waals surface area contributed by atoms with E-state index in [0.717, 1.165) is 46.0 Å². The highest BCUT2D eigenvalue weighted by molar-refractivity contribution is 6.30. The summed E-state index contributed by atoms with van der Waals surface area (Å²) in [7, 11) is 0. The van der Waals surface area contributed by atoms with Crippen LogP contribution >= 0.6 is 11.6 Å². The van der Waals surface area contributed by atoms with Gasteiger partial charge in [0.1, 0.15) is 0 Å². The molecule has 3 aromatic rings. The topological polar surface area (TPSA) is 42.4 Å². The van der Waals surface area contributed by atoms with Crippen LogP contribution in [0.2, 0.25) is 5.02 Å². The summed E-state index contributed by atoms with van der Waals surface area (Å²) in [6.45, 7) is 4.79. The van der Waals surface area contributed by atoms with Gasteiger partial charge in [-0.1, -0.05) is 43.1 Å². The maximum Gasteiger partial charge on any atom is 0.158 e. The van der Waals surface area contributed by atoms with E-state index in [4.69, 9.17) is 21.3 Å². The molecule has 1 N–H and O–H groups in total. The second-order valence-electron chi connectivity index (χ2n) is 8.01. The minimum Gasteiger partial charge on any atom is -0.368 e. The Kier molecular flexibility index (Phi) is 6.19. The van der Waals surface area contributed by atoms with Gasteiger partial charge < -0.3 is 9.84 Å². The fraction of sp³-hybridized carbons (Fsp3) is 0.400. The van der Waals surface area contributed by atoms with Crippen LogP contribution in [0.1, 0.15) is 55.3 Å². The lowest BCUT2D eigenvalue weighted by atomic mass is 9.89. The number of benzene rings is 2. The molecule has 0 spiro atoms. The van der Waals surface area contributed by atoms with Crippen molar-refractivity contribution in [3.8, 4) is 11.1 Å². The Morgan fingerprint density at radius 2 is 1.93 bits per heavy atom. The first kappa shape index (κ1) is 20.3. The molecule has 1 aromatic heterocycles. The lowest BCUT2D eigenvalue weighted by Gasteiger charge is -2.20. The third kappa shape index (κ3) is 4.63. The van der Waals surface area contributed by atoms with Gasteiger partial charge in [0.2, 0.25) is 0 Å². The van der Waals surface area contributed by atoms with Crippen molar-refractivity contribution >= 4 is 22.5 Å². The molecule has 1 aliphatic carbocycles. The quantitative estimate of drug-likeness (QED) is 0.345. The van der Waals surface area contributed by atoms with Crippen molar-refractivity contribution in [3.63, 3.8) is 0 Å². The van der Waals surface area contributed by atoms with Crippen LogP contribution in [0.3, 0.4) is 0 Å².